The smallest absolute Gasteiger partial charge is 0.459 e. The van der Waals surface area contributed by atoms with Crippen molar-refractivity contribution in [2.24, 2.45) is 11.3 Å². The maximum atomic E-state index is 14.5. The Hall–Kier alpha value is -4.02. The first-order chi connectivity index (χ1) is 24.0. The third kappa shape index (κ3) is 7.63. The van der Waals surface area contributed by atoms with Crippen molar-refractivity contribution in [1.29, 1.82) is 5.26 Å². The first kappa shape index (κ1) is 36.8. The molecule has 1 aliphatic heterocycles. The van der Waals surface area contributed by atoms with Crippen molar-refractivity contribution in [1.82, 2.24) is 19.7 Å². The molecule has 3 aromatic rings. The second kappa shape index (κ2) is 13.8. The van der Waals surface area contributed by atoms with Crippen LogP contribution in [0.1, 0.15) is 91.3 Å². The van der Waals surface area contributed by atoms with Gasteiger partial charge in [0.05, 0.1) is 18.2 Å². The van der Waals surface area contributed by atoms with Gasteiger partial charge in [0.2, 0.25) is 5.60 Å². The zero-order chi connectivity index (χ0) is 36.8. The van der Waals surface area contributed by atoms with Crippen molar-refractivity contribution in [3.8, 4) is 11.8 Å². The number of carbonyl (C=O) groups is 2. The molecule has 0 amide bonds. The van der Waals surface area contributed by atoms with Crippen molar-refractivity contribution in [2.45, 2.75) is 115 Å². The molecular formula is C36H47N6O8P. The summed E-state index contributed by atoms with van der Waals surface area (Å²) in [6, 6.07) is 11.6. The minimum atomic E-state index is -4.35. The minimum Gasteiger partial charge on any atom is -0.461 e. The number of hydrogen-bond donors (Lipinski definition) is 2. The van der Waals surface area contributed by atoms with Gasteiger partial charge in [0, 0.05) is 6.42 Å². The molecule has 14 nitrogen and oxygen atoms in total. The second-order valence-corrected chi connectivity index (χ2v) is 17.1. The number of rotatable bonds is 12. The van der Waals surface area contributed by atoms with E-state index in [0.29, 0.717) is 16.6 Å². The van der Waals surface area contributed by atoms with Crippen LogP contribution >= 0.6 is 7.75 Å². The number of esters is 2. The Balaban J connectivity index is 1.24. The number of benzene rings is 1. The summed E-state index contributed by atoms with van der Waals surface area (Å²) in [5, 5.41) is 17.6. The number of nitrogens with one attached hydrogen (secondary N) is 1. The Kier molecular flexibility index (Phi) is 9.98. The van der Waals surface area contributed by atoms with Crippen LogP contribution in [0, 0.1) is 22.7 Å². The van der Waals surface area contributed by atoms with Crippen LogP contribution in [0.4, 0.5) is 5.82 Å². The van der Waals surface area contributed by atoms with E-state index in [2.05, 4.69) is 42.0 Å². The summed E-state index contributed by atoms with van der Waals surface area (Å²) in [6.07, 6.45) is 4.14. The lowest BCUT2D eigenvalue weighted by Gasteiger charge is -2.53. The van der Waals surface area contributed by atoms with Crippen LogP contribution in [0.5, 0.6) is 5.75 Å². The standard InChI is InChI=1S/C36H47N6O8P/c1-22(2)32(43)48-28-18-36(20-37,30-13-12-27-31(38)39-21-40-42(27)30)49-29(28)19-46-51(45,50-25-10-8-24(9-11-25)34(4,5)6)41-23(3)33(44)47-26-16-35(17-26)14-7-15-35/h8-13,21-23,26,28-29H,7,14-19H2,1-6H3,(H,41,45)(H2,38,39,40)/t23-,28-,29+,36?,51?/m0/s1. The third-order valence-corrected chi connectivity index (χ3v) is 11.8. The van der Waals surface area contributed by atoms with Crippen molar-refractivity contribution in [3.63, 3.8) is 0 Å². The number of carbonyl (C=O) groups excluding carboxylic acids is 2. The van der Waals surface area contributed by atoms with Gasteiger partial charge in [-0.05, 0) is 73.3 Å². The molecule has 274 valence electrons. The summed E-state index contributed by atoms with van der Waals surface area (Å²) in [7, 11) is -4.35. The summed E-state index contributed by atoms with van der Waals surface area (Å²) in [6.45, 7) is 10.7. The van der Waals surface area contributed by atoms with Gasteiger partial charge in [-0.15, -0.1) is 0 Å². The lowest BCUT2D eigenvalue weighted by Crippen LogP contribution is -2.49. The first-order valence-corrected chi connectivity index (χ1v) is 19.0. The molecule has 2 aromatic heterocycles. The molecule has 1 saturated heterocycles. The number of nitrogens with zero attached hydrogens (tertiary/aromatic N) is 4. The number of fused-ring (bicyclic) bond motifs is 1. The average Bonchev–Trinajstić information content (AvgIpc) is 3.63. The van der Waals surface area contributed by atoms with Gasteiger partial charge in [-0.2, -0.15) is 15.4 Å². The molecule has 2 unspecified atom stereocenters. The predicted octanol–water partition coefficient (Wildman–Crippen LogP) is 5.74. The van der Waals surface area contributed by atoms with Crippen molar-refractivity contribution in [2.75, 3.05) is 12.3 Å². The summed E-state index contributed by atoms with van der Waals surface area (Å²) in [4.78, 5) is 30.0. The Labute approximate surface area is 297 Å². The summed E-state index contributed by atoms with van der Waals surface area (Å²) in [5.41, 5.74) is 6.41. The van der Waals surface area contributed by atoms with E-state index in [4.69, 9.17) is 29.0 Å². The van der Waals surface area contributed by atoms with Crippen LogP contribution in [-0.4, -0.2) is 57.5 Å². The SMILES string of the molecule is CC(C)C(=O)O[C@H]1CC(C#N)(c2ccc3c(N)ncnn23)O[C@@H]1COP(=O)(N[C@@H](C)C(=O)OC1CC2(CCC2)C1)Oc1ccc(C(C)(C)C)cc1. The van der Waals surface area contributed by atoms with E-state index in [1.807, 2.05) is 12.1 Å². The Morgan fingerprint density at radius 1 is 1.10 bits per heavy atom. The lowest BCUT2D eigenvalue weighted by atomic mass is 9.55. The van der Waals surface area contributed by atoms with E-state index in [-0.39, 0.29) is 29.5 Å². The molecule has 5 atom stereocenters. The molecule has 3 aliphatic rings. The number of nitriles is 1. The molecule has 1 aromatic carbocycles. The highest BCUT2D eigenvalue weighted by Crippen LogP contribution is 2.57. The van der Waals surface area contributed by atoms with Crippen molar-refractivity contribution < 1.29 is 37.4 Å². The van der Waals surface area contributed by atoms with Crippen LogP contribution in [0.2, 0.25) is 0 Å². The molecule has 3 N–H and O–H groups in total. The fourth-order valence-electron chi connectivity index (χ4n) is 6.94. The molecule has 6 rings (SSSR count). The minimum absolute atomic E-state index is 0.0789. The Morgan fingerprint density at radius 2 is 1.80 bits per heavy atom. The molecule has 15 heteroatoms. The van der Waals surface area contributed by atoms with E-state index in [0.717, 1.165) is 31.2 Å². The molecule has 0 radical (unpaired) electrons. The van der Waals surface area contributed by atoms with Crippen LogP contribution in [0.15, 0.2) is 42.7 Å². The highest BCUT2D eigenvalue weighted by molar-refractivity contribution is 7.52. The molecule has 51 heavy (non-hydrogen) atoms. The van der Waals surface area contributed by atoms with Gasteiger partial charge in [-0.25, -0.2) is 14.1 Å². The summed E-state index contributed by atoms with van der Waals surface area (Å²) < 4.78 is 45.9. The molecule has 1 spiro atoms. The van der Waals surface area contributed by atoms with E-state index in [1.165, 1.54) is 24.2 Å². The van der Waals surface area contributed by atoms with Crippen LogP contribution < -0.4 is 15.3 Å². The predicted molar refractivity (Wildman–Crippen MR) is 186 cm³/mol. The third-order valence-electron chi connectivity index (χ3n) is 10.1. The van der Waals surface area contributed by atoms with E-state index < -0.39 is 56.1 Å². The van der Waals surface area contributed by atoms with E-state index >= 15 is 0 Å². The number of aromatic nitrogens is 3. The monoisotopic (exact) mass is 722 g/mol. The fraction of sp³-hybridized carbons (Fsp3) is 0.583. The number of anilines is 1. The largest absolute Gasteiger partial charge is 0.461 e. The van der Waals surface area contributed by atoms with Crippen LogP contribution in [0.25, 0.3) is 5.52 Å². The first-order valence-electron chi connectivity index (χ1n) is 17.5. The zero-order valence-electron chi connectivity index (χ0n) is 30.0. The second-order valence-electron chi connectivity index (χ2n) is 15.4. The van der Waals surface area contributed by atoms with Gasteiger partial charge in [0.1, 0.15) is 48.0 Å². The zero-order valence-corrected chi connectivity index (χ0v) is 30.9. The maximum Gasteiger partial charge on any atom is 0.459 e. The van der Waals surface area contributed by atoms with Crippen molar-refractivity contribution in [3.05, 3.63) is 54.0 Å². The normalized spacial score (nSPS) is 24.7. The maximum absolute atomic E-state index is 14.5. The molecular weight excluding hydrogens is 675 g/mol. The number of hydrogen-bond acceptors (Lipinski definition) is 12. The summed E-state index contributed by atoms with van der Waals surface area (Å²) in [5.74, 6) is -1.11. The summed E-state index contributed by atoms with van der Waals surface area (Å²) >= 11 is 0. The molecule has 0 bridgehead atoms. The van der Waals surface area contributed by atoms with Gasteiger partial charge in [-0.1, -0.05) is 53.2 Å². The van der Waals surface area contributed by atoms with Crippen LogP contribution in [-0.2, 0) is 43.9 Å². The van der Waals surface area contributed by atoms with Crippen LogP contribution in [0.3, 0.4) is 0 Å². The van der Waals surface area contributed by atoms with Crippen molar-refractivity contribution >= 4 is 31.0 Å². The fourth-order valence-corrected chi connectivity index (χ4v) is 8.44. The van der Waals surface area contributed by atoms with E-state index in [1.54, 1.807) is 38.1 Å². The van der Waals surface area contributed by atoms with Gasteiger partial charge < -0.3 is 24.5 Å². The molecule has 2 aliphatic carbocycles. The highest BCUT2D eigenvalue weighted by Gasteiger charge is 2.53. The average molecular weight is 723 g/mol. The quantitative estimate of drug-likeness (QED) is 0.170. The van der Waals surface area contributed by atoms with Gasteiger partial charge in [0.25, 0.3) is 0 Å². The van der Waals surface area contributed by atoms with Gasteiger partial charge >= 0.3 is 19.7 Å². The Bertz CT molecular complexity index is 1860. The van der Waals surface area contributed by atoms with Gasteiger partial charge in [0.15, 0.2) is 5.82 Å². The van der Waals surface area contributed by atoms with Gasteiger partial charge in [-0.3, -0.25) is 14.1 Å². The number of nitrogens with two attached hydrogens (primary N) is 1. The Morgan fingerprint density at radius 3 is 2.41 bits per heavy atom. The lowest BCUT2D eigenvalue weighted by molar-refractivity contribution is -0.169. The van der Waals surface area contributed by atoms with E-state index in [9.17, 15) is 19.4 Å². The number of ether oxygens (including phenoxy) is 3. The topological polar surface area (TPSA) is 189 Å². The molecule has 2 saturated carbocycles. The molecule has 3 fully saturated rings. The highest BCUT2D eigenvalue weighted by atomic mass is 31.2. The number of nitrogen functional groups attached to an aromatic ring is 1. The molecule has 3 heterocycles.